The average Bonchev–Trinajstić information content (AvgIpc) is 2.92. The summed E-state index contributed by atoms with van der Waals surface area (Å²) in [4.78, 5) is 15.9. The van der Waals surface area contributed by atoms with E-state index in [-0.39, 0.29) is 5.91 Å². The van der Waals surface area contributed by atoms with Crippen molar-refractivity contribution >= 4 is 5.91 Å². The number of imidazole rings is 1. The molecule has 0 fully saturated rings. The van der Waals surface area contributed by atoms with Gasteiger partial charge in [-0.25, -0.2) is 4.98 Å². The van der Waals surface area contributed by atoms with Crippen molar-refractivity contribution in [1.82, 2.24) is 14.9 Å². The number of hydrogen-bond acceptors (Lipinski definition) is 3. The average molecular weight is 296 g/mol. The van der Waals surface area contributed by atoms with Gasteiger partial charge in [-0.3, -0.25) is 4.79 Å². The fourth-order valence-electron chi connectivity index (χ4n) is 2.15. The number of nitrogens with zero attached hydrogens (tertiary/aromatic N) is 3. The Bertz CT molecular complexity index is 665. The Morgan fingerprint density at radius 1 is 1.36 bits per heavy atom. The van der Waals surface area contributed by atoms with Crippen LogP contribution in [0.3, 0.4) is 0 Å². The van der Waals surface area contributed by atoms with Crippen LogP contribution in [0.1, 0.15) is 37.1 Å². The molecule has 1 amide bonds. The third-order valence-corrected chi connectivity index (χ3v) is 3.29. The van der Waals surface area contributed by atoms with Crippen molar-refractivity contribution in [2.45, 2.75) is 33.4 Å². The molecule has 5 nitrogen and oxygen atoms in total. The number of hydrogen-bond donors (Lipinski definition) is 1. The zero-order valence-corrected chi connectivity index (χ0v) is 12.9. The van der Waals surface area contributed by atoms with Crippen LogP contribution in [0.5, 0.6) is 0 Å². The quantitative estimate of drug-likeness (QED) is 0.890. The molecule has 0 spiro atoms. The van der Waals surface area contributed by atoms with Crippen LogP contribution in [0.4, 0.5) is 0 Å². The molecule has 0 unspecified atom stereocenters. The number of nitrogens with one attached hydrogen (secondary N) is 1. The van der Waals surface area contributed by atoms with Gasteiger partial charge in [0.1, 0.15) is 0 Å². The zero-order valence-electron chi connectivity index (χ0n) is 12.9. The van der Waals surface area contributed by atoms with E-state index in [1.807, 2.05) is 30.5 Å². The largest absolute Gasteiger partial charge is 0.350 e. The molecule has 0 radical (unpaired) electrons. The number of carbonyl (C=O) groups excluding carboxylic acids is 1. The van der Waals surface area contributed by atoms with Crippen molar-refractivity contribution in [3.8, 4) is 6.07 Å². The number of nitriles is 1. The number of amides is 1. The summed E-state index contributed by atoms with van der Waals surface area (Å²) < 4.78 is 2.00. The first-order valence-electron chi connectivity index (χ1n) is 7.33. The van der Waals surface area contributed by atoms with E-state index in [2.05, 4.69) is 16.4 Å². The SMILES string of the molecule is CC(C)CC(=O)NCc1cncn1Cc1ccc(C#N)cc1. The van der Waals surface area contributed by atoms with E-state index in [9.17, 15) is 4.79 Å². The summed E-state index contributed by atoms with van der Waals surface area (Å²) in [6, 6.07) is 9.57. The summed E-state index contributed by atoms with van der Waals surface area (Å²) in [7, 11) is 0. The maximum atomic E-state index is 11.7. The van der Waals surface area contributed by atoms with Crippen LogP contribution in [-0.2, 0) is 17.9 Å². The van der Waals surface area contributed by atoms with Gasteiger partial charge in [0, 0.05) is 19.2 Å². The summed E-state index contributed by atoms with van der Waals surface area (Å²) in [5.41, 5.74) is 2.70. The van der Waals surface area contributed by atoms with Gasteiger partial charge in [0.05, 0.1) is 30.2 Å². The highest BCUT2D eigenvalue weighted by molar-refractivity contribution is 5.75. The zero-order chi connectivity index (χ0) is 15.9. The van der Waals surface area contributed by atoms with Gasteiger partial charge in [0.25, 0.3) is 0 Å². The lowest BCUT2D eigenvalue weighted by atomic mass is 10.1. The second kappa shape index (κ2) is 7.41. The lowest BCUT2D eigenvalue weighted by Crippen LogP contribution is -2.25. The first-order chi connectivity index (χ1) is 10.6. The van der Waals surface area contributed by atoms with Gasteiger partial charge in [-0.2, -0.15) is 5.26 Å². The van der Waals surface area contributed by atoms with Crippen LogP contribution in [0, 0.1) is 17.2 Å². The number of rotatable bonds is 6. The molecule has 1 N–H and O–H groups in total. The highest BCUT2D eigenvalue weighted by atomic mass is 16.1. The number of carbonyl (C=O) groups is 1. The first kappa shape index (κ1) is 15.8. The lowest BCUT2D eigenvalue weighted by Gasteiger charge is -2.10. The second-order valence-electron chi connectivity index (χ2n) is 5.70. The highest BCUT2D eigenvalue weighted by Gasteiger charge is 2.07. The summed E-state index contributed by atoms with van der Waals surface area (Å²) in [5.74, 6) is 0.407. The molecule has 0 aliphatic rings. The topological polar surface area (TPSA) is 70.7 Å². The van der Waals surface area contributed by atoms with E-state index < -0.39 is 0 Å². The van der Waals surface area contributed by atoms with E-state index >= 15 is 0 Å². The van der Waals surface area contributed by atoms with Gasteiger partial charge >= 0.3 is 0 Å². The van der Waals surface area contributed by atoms with Crippen molar-refractivity contribution in [1.29, 1.82) is 5.26 Å². The van der Waals surface area contributed by atoms with E-state index in [1.54, 1.807) is 24.7 Å². The van der Waals surface area contributed by atoms with Crippen LogP contribution < -0.4 is 5.32 Å². The van der Waals surface area contributed by atoms with Crippen molar-refractivity contribution < 1.29 is 4.79 Å². The van der Waals surface area contributed by atoms with Crippen LogP contribution >= 0.6 is 0 Å². The molecule has 0 atom stereocenters. The Morgan fingerprint density at radius 3 is 2.73 bits per heavy atom. The molecule has 5 heteroatoms. The van der Waals surface area contributed by atoms with E-state index in [1.165, 1.54) is 0 Å². The number of benzene rings is 1. The first-order valence-corrected chi connectivity index (χ1v) is 7.33. The van der Waals surface area contributed by atoms with Crippen LogP contribution in [0.2, 0.25) is 0 Å². The minimum Gasteiger partial charge on any atom is -0.350 e. The molecule has 1 aromatic carbocycles. The third-order valence-electron chi connectivity index (χ3n) is 3.29. The number of aromatic nitrogens is 2. The van der Waals surface area contributed by atoms with Gasteiger partial charge in [-0.15, -0.1) is 0 Å². The van der Waals surface area contributed by atoms with E-state index in [0.717, 1.165) is 11.3 Å². The predicted molar refractivity (Wildman–Crippen MR) is 83.8 cm³/mol. The molecule has 0 saturated carbocycles. The molecule has 1 aromatic heterocycles. The van der Waals surface area contributed by atoms with Crippen LogP contribution in [0.15, 0.2) is 36.8 Å². The molecular weight excluding hydrogens is 276 g/mol. The van der Waals surface area contributed by atoms with Crippen molar-refractivity contribution in [3.63, 3.8) is 0 Å². The van der Waals surface area contributed by atoms with Gasteiger partial charge in [-0.1, -0.05) is 26.0 Å². The standard InChI is InChI=1S/C17H20N4O/c1-13(2)7-17(22)20-10-16-9-19-12-21(16)11-15-5-3-14(8-18)4-6-15/h3-6,9,12-13H,7,10-11H2,1-2H3,(H,20,22). The predicted octanol–water partition coefficient (Wildman–Crippen LogP) is 2.47. The van der Waals surface area contributed by atoms with Gasteiger partial charge < -0.3 is 9.88 Å². The smallest absolute Gasteiger partial charge is 0.220 e. The van der Waals surface area contributed by atoms with Crippen molar-refractivity contribution in [3.05, 3.63) is 53.6 Å². The van der Waals surface area contributed by atoms with Crippen LogP contribution in [-0.4, -0.2) is 15.5 Å². The Labute approximate surface area is 130 Å². The summed E-state index contributed by atoms with van der Waals surface area (Å²) in [6.45, 7) is 5.19. The van der Waals surface area contributed by atoms with Crippen molar-refractivity contribution in [2.75, 3.05) is 0 Å². The third kappa shape index (κ3) is 4.45. The molecular formula is C17H20N4O. The highest BCUT2D eigenvalue weighted by Crippen LogP contribution is 2.08. The molecule has 1 heterocycles. The minimum absolute atomic E-state index is 0.0566. The molecule has 114 valence electrons. The van der Waals surface area contributed by atoms with Gasteiger partial charge in [0.15, 0.2) is 0 Å². The Morgan fingerprint density at radius 2 is 2.09 bits per heavy atom. The minimum atomic E-state index is 0.0566. The van der Waals surface area contributed by atoms with Gasteiger partial charge in [-0.05, 0) is 23.6 Å². The maximum absolute atomic E-state index is 11.7. The van der Waals surface area contributed by atoms with Gasteiger partial charge in [0.2, 0.25) is 5.91 Å². The molecule has 0 saturated heterocycles. The summed E-state index contributed by atoms with van der Waals surface area (Å²) in [5, 5.41) is 11.7. The molecule has 0 aliphatic carbocycles. The van der Waals surface area contributed by atoms with E-state index in [0.29, 0.717) is 31.0 Å². The normalized spacial score (nSPS) is 10.5. The maximum Gasteiger partial charge on any atom is 0.220 e. The molecule has 0 bridgehead atoms. The van der Waals surface area contributed by atoms with E-state index in [4.69, 9.17) is 5.26 Å². The molecule has 0 aliphatic heterocycles. The molecule has 2 rings (SSSR count). The molecule has 2 aromatic rings. The summed E-state index contributed by atoms with van der Waals surface area (Å²) in [6.07, 6.45) is 4.05. The Kier molecular flexibility index (Phi) is 5.31. The van der Waals surface area contributed by atoms with Crippen LogP contribution in [0.25, 0.3) is 0 Å². The lowest BCUT2D eigenvalue weighted by molar-refractivity contribution is -0.121. The Balaban J connectivity index is 1.97. The fraction of sp³-hybridized carbons (Fsp3) is 0.353. The monoisotopic (exact) mass is 296 g/mol. The summed E-state index contributed by atoms with van der Waals surface area (Å²) >= 11 is 0. The van der Waals surface area contributed by atoms with Crippen molar-refractivity contribution in [2.24, 2.45) is 5.92 Å². The Hall–Kier alpha value is -2.61. The molecule has 22 heavy (non-hydrogen) atoms. The second-order valence-corrected chi connectivity index (χ2v) is 5.70. The fourth-order valence-corrected chi connectivity index (χ4v) is 2.15.